The third kappa shape index (κ3) is 5.57. The molecule has 0 saturated carbocycles. The molecule has 1 aliphatic rings. The van der Waals surface area contributed by atoms with E-state index in [9.17, 15) is 13.2 Å². The second-order valence-electron chi connectivity index (χ2n) is 9.30. The van der Waals surface area contributed by atoms with Crippen LogP contribution in [0.3, 0.4) is 0 Å². The summed E-state index contributed by atoms with van der Waals surface area (Å²) in [6.45, 7) is 5.31. The van der Waals surface area contributed by atoms with Crippen molar-refractivity contribution < 1.29 is 17.9 Å². The van der Waals surface area contributed by atoms with Crippen LogP contribution in [0, 0.1) is 12.8 Å². The van der Waals surface area contributed by atoms with Gasteiger partial charge in [-0.25, -0.2) is 13.4 Å². The Hall–Kier alpha value is -3.34. The Bertz CT molecular complexity index is 1510. The number of fused-ring (bicyclic) bond motifs is 1. The highest BCUT2D eigenvalue weighted by Gasteiger charge is 2.35. The zero-order chi connectivity index (χ0) is 26.7. The number of carbonyl (C=O) groups is 1. The molecule has 4 aromatic rings. The van der Waals surface area contributed by atoms with E-state index in [2.05, 4.69) is 4.98 Å². The van der Waals surface area contributed by atoms with Crippen LogP contribution >= 0.6 is 11.3 Å². The van der Waals surface area contributed by atoms with Crippen molar-refractivity contribution in [3.05, 3.63) is 78.1 Å². The van der Waals surface area contributed by atoms with Gasteiger partial charge in [-0.1, -0.05) is 35.1 Å². The first-order valence-electron chi connectivity index (χ1n) is 12.7. The SMILES string of the molecule is CCOc1ccc2nc(N(Cc3ccccn3)C(=O)C3CCN(S(=O)(=O)c4ccc(C)cc4)CC3)sc2c1. The fourth-order valence-electron chi connectivity index (χ4n) is 4.58. The highest BCUT2D eigenvalue weighted by Crippen LogP contribution is 2.34. The number of carbonyl (C=O) groups excluding carboxylic acids is 1. The molecule has 0 unspecified atom stereocenters. The molecule has 1 amide bonds. The maximum absolute atomic E-state index is 13.9. The Balaban J connectivity index is 1.37. The number of anilines is 1. The average molecular weight is 551 g/mol. The second kappa shape index (κ2) is 11.2. The van der Waals surface area contributed by atoms with Crippen LogP contribution in [0.1, 0.15) is 31.0 Å². The minimum Gasteiger partial charge on any atom is -0.494 e. The minimum atomic E-state index is -3.60. The summed E-state index contributed by atoms with van der Waals surface area (Å²) in [5, 5.41) is 0.596. The fourth-order valence-corrected chi connectivity index (χ4v) is 7.05. The van der Waals surface area contributed by atoms with Gasteiger partial charge in [0.15, 0.2) is 5.13 Å². The van der Waals surface area contributed by atoms with Crippen LogP contribution in [-0.4, -0.2) is 48.3 Å². The van der Waals surface area contributed by atoms with Crippen molar-refractivity contribution in [3.63, 3.8) is 0 Å². The van der Waals surface area contributed by atoms with Gasteiger partial charge in [-0.2, -0.15) is 4.31 Å². The zero-order valence-corrected chi connectivity index (χ0v) is 23.0. The Labute approximate surface area is 227 Å². The number of ether oxygens (including phenoxy) is 1. The van der Waals surface area contributed by atoms with E-state index in [0.29, 0.717) is 44.2 Å². The van der Waals surface area contributed by atoms with Crippen LogP contribution in [0.25, 0.3) is 10.2 Å². The lowest BCUT2D eigenvalue weighted by Crippen LogP contribution is -2.44. The summed E-state index contributed by atoms with van der Waals surface area (Å²) < 4.78 is 34.3. The number of piperidine rings is 1. The van der Waals surface area contributed by atoms with Gasteiger partial charge in [-0.15, -0.1) is 0 Å². The molecule has 1 aliphatic heterocycles. The topological polar surface area (TPSA) is 92.7 Å². The molecule has 5 rings (SSSR count). The van der Waals surface area contributed by atoms with Gasteiger partial charge in [0.1, 0.15) is 5.75 Å². The molecule has 8 nitrogen and oxygen atoms in total. The van der Waals surface area contributed by atoms with Crippen molar-refractivity contribution in [1.29, 1.82) is 0 Å². The van der Waals surface area contributed by atoms with Gasteiger partial charge in [0, 0.05) is 25.2 Å². The molecule has 1 fully saturated rings. The number of hydrogen-bond acceptors (Lipinski definition) is 7. The van der Waals surface area contributed by atoms with Gasteiger partial charge in [-0.3, -0.25) is 14.7 Å². The van der Waals surface area contributed by atoms with E-state index in [-0.39, 0.29) is 16.7 Å². The Kier molecular flexibility index (Phi) is 7.73. The van der Waals surface area contributed by atoms with Gasteiger partial charge in [0.05, 0.1) is 34.0 Å². The highest BCUT2D eigenvalue weighted by atomic mass is 32.2. The van der Waals surface area contributed by atoms with Gasteiger partial charge in [-0.05, 0) is 69.2 Å². The molecule has 2 aromatic heterocycles. The molecule has 0 atom stereocenters. The van der Waals surface area contributed by atoms with Crippen LogP contribution in [0.4, 0.5) is 5.13 Å². The molecule has 0 N–H and O–H groups in total. The predicted octanol–water partition coefficient (Wildman–Crippen LogP) is 5.03. The predicted molar refractivity (Wildman–Crippen MR) is 149 cm³/mol. The van der Waals surface area contributed by atoms with Gasteiger partial charge < -0.3 is 4.74 Å². The molecule has 38 heavy (non-hydrogen) atoms. The molecule has 10 heteroatoms. The summed E-state index contributed by atoms with van der Waals surface area (Å²) in [5.74, 6) is 0.390. The number of nitrogens with zero attached hydrogens (tertiary/aromatic N) is 4. The maximum Gasteiger partial charge on any atom is 0.243 e. The third-order valence-corrected chi connectivity index (χ3v) is 9.62. The number of amides is 1. The molecule has 3 heterocycles. The molecular weight excluding hydrogens is 520 g/mol. The fraction of sp³-hybridized carbons (Fsp3) is 0.321. The lowest BCUT2D eigenvalue weighted by atomic mass is 9.96. The minimum absolute atomic E-state index is 0.0628. The smallest absolute Gasteiger partial charge is 0.243 e. The normalized spacial score (nSPS) is 15.0. The number of benzene rings is 2. The Morgan fingerprint density at radius 2 is 1.87 bits per heavy atom. The monoisotopic (exact) mass is 550 g/mol. The van der Waals surface area contributed by atoms with Crippen molar-refractivity contribution in [2.24, 2.45) is 5.92 Å². The summed E-state index contributed by atoms with van der Waals surface area (Å²) >= 11 is 1.44. The lowest BCUT2D eigenvalue weighted by Gasteiger charge is -2.33. The van der Waals surface area contributed by atoms with Gasteiger partial charge in [0.2, 0.25) is 15.9 Å². The first-order valence-corrected chi connectivity index (χ1v) is 14.9. The second-order valence-corrected chi connectivity index (χ2v) is 12.2. The summed E-state index contributed by atoms with van der Waals surface area (Å²) in [6.07, 6.45) is 2.60. The van der Waals surface area contributed by atoms with Crippen LogP contribution in [0.2, 0.25) is 0 Å². The number of rotatable bonds is 8. The first kappa shape index (κ1) is 26.3. The number of pyridine rings is 1. The average Bonchev–Trinajstić information content (AvgIpc) is 3.36. The molecule has 0 spiro atoms. The van der Waals surface area contributed by atoms with Crippen LogP contribution in [0.5, 0.6) is 5.75 Å². The van der Waals surface area contributed by atoms with Gasteiger partial charge in [0.25, 0.3) is 0 Å². The Morgan fingerprint density at radius 1 is 1.11 bits per heavy atom. The van der Waals surface area contributed by atoms with Crippen LogP contribution in [0.15, 0.2) is 71.8 Å². The largest absolute Gasteiger partial charge is 0.494 e. The lowest BCUT2D eigenvalue weighted by molar-refractivity contribution is -0.123. The van der Waals surface area contributed by atoms with E-state index in [1.54, 1.807) is 35.4 Å². The van der Waals surface area contributed by atoms with E-state index >= 15 is 0 Å². The Morgan fingerprint density at radius 3 is 2.55 bits per heavy atom. The molecule has 1 saturated heterocycles. The van der Waals surface area contributed by atoms with E-state index in [1.165, 1.54) is 15.6 Å². The molecule has 0 bridgehead atoms. The van der Waals surface area contributed by atoms with Crippen LogP contribution < -0.4 is 9.64 Å². The summed E-state index contributed by atoms with van der Waals surface area (Å²) in [4.78, 5) is 25.0. The standard InChI is InChI=1S/C28H30N4O4S2/c1-3-36-23-9-12-25-26(18-23)37-28(30-25)32(19-22-6-4-5-15-29-22)27(33)21-13-16-31(17-14-21)38(34,35)24-10-7-20(2)8-11-24/h4-12,15,18,21H,3,13-14,16-17,19H2,1-2H3. The van der Waals surface area contributed by atoms with Crippen molar-refractivity contribution in [1.82, 2.24) is 14.3 Å². The highest BCUT2D eigenvalue weighted by molar-refractivity contribution is 7.89. The third-order valence-electron chi connectivity index (χ3n) is 6.66. The number of aromatic nitrogens is 2. The number of aryl methyl sites for hydroxylation is 1. The summed E-state index contributed by atoms with van der Waals surface area (Å²) in [5.41, 5.74) is 2.56. The number of thiazole rings is 1. The molecular formula is C28H30N4O4S2. The van der Waals surface area contributed by atoms with Crippen molar-refractivity contribution >= 4 is 42.6 Å². The number of hydrogen-bond donors (Lipinski definition) is 0. The maximum atomic E-state index is 13.9. The van der Waals surface area contributed by atoms with Crippen LogP contribution in [-0.2, 0) is 21.4 Å². The first-order chi connectivity index (χ1) is 18.3. The van der Waals surface area contributed by atoms with E-state index < -0.39 is 10.0 Å². The molecule has 0 radical (unpaired) electrons. The molecule has 0 aliphatic carbocycles. The summed E-state index contributed by atoms with van der Waals surface area (Å²) in [6, 6.07) is 18.2. The molecule has 198 valence electrons. The quantitative estimate of drug-likeness (QED) is 0.305. The van der Waals surface area contributed by atoms with E-state index in [1.807, 2.05) is 50.2 Å². The zero-order valence-electron chi connectivity index (χ0n) is 21.4. The van der Waals surface area contributed by atoms with Gasteiger partial charge >= 0.3 is 0 Å². The number of sulfonamides is 1. The summed E-state index contributed by atoms with van der Waals surface area (Å²) in [7, 11) is -3.60. The van der Waals surface area contributed by atoms with E-state index in [0.717, 1.165) is 27.2 Å². The molecule has 2 aromatic carbocycles. The van der Waals surface area contributed by atoms with Crippen molar-refractivity contribution in [2.75, 3.05) is 24.6 Å². The van der Waals surface area contributed by atoms with E-state index in [4.69, 9.17) is 9.72 Å². The van der Waals surface area contributed by atoms with Crippen molar-refractivity contribution in [3.8, 4) is 5.75 Å². The van der Waals surface area contributed by atoms with Crippen molar-refractivity contribution in [2.45, 2.75) is 38.1 Å².